The van der Waals surface area contributed by atoms with Crippen molar-refractivity contribution in [3.05, 3.63) is 24.3 Å². The Morgan fingerprint density at radius 3 is 2.47 bits per heavy atom. The van der Waals surface area contributed by atoms with E-state index in [2.05, 4.69) is 9.97 Å². The molecule has 84 valence electrons. The Balaban J connectivity index is 2.71. The lowest BCUT2D eigenvalue weighted by molar-refractivity contribution is 0.219. The number of hydrogen-bond acceptors (Lipinski definition) is 5. The second-order valence-corrected chi connectivity index (χ2v) is 4.86. The van der Waals surface area contributed by atoms with Gasteiger partial charge in [-0.1, -0.05) is 0 Å². The fraction of sp³-hybridized carbons (Fsp3) is 0.556. The molecule has 0 aliphatic heterocycles. The van der Waals surface area contributed by atoms with Crippen LogP contribution in [-0.2, 0) is 19.8 Å². The maximum atomic E-state index is 12.1. The first-order chi connectivity index (χ1) is 7.20. The number of nitrogens with zero attached hydrogens (tertiary/aromatic N) is 2. The van der Waals surface area contributed by atoms with Crippen molar-refractivity contribution in [1.82, 2.24) is 9.97 Å². The quantitative estimate of drug-likeness (QED) is 0.701. The molecule has 0 fully saturated rings. The Morgan fingerprint density at radius 2 is 2.00 bits per heavy atom. The molecule has 1 rings (SSSR count). The molecule has 0 unspecified atom stereocenters. The fourth-order valence-electron chi connectivity index (χ4n) is 1.13. The third-order valence-corrected chi connectivity index (χ3v) is 3.66. The van der Waals surface area contributed by atoms with Crippen LogP contribution in [0.5, 0.6) is 0 Å². The third kappa shape index (κ3) is 4.08. The van der Waals surface area contributed by atoms with E-state index in [1.807, 2.05) is 0 Å². The van der Waals surface area contributed by atoms with E-state index in [-0.39, 0.29) is 6.16 Å². The Kier molecular flexibility index (Phi) is 4.88. The molecule has 0 saturated heterocycles. The summed E-state index contributed by atoms with van der Waals surface area (Å²) < 4.78 is 22.4. The lowest BCUT2D eigenvalue weighted by atomic mass is 10.5. The lowest BCUT2D eigenvalue weighted by Crippen LogP contribution is -2.00. The Bertz CT molecular complexity index is 321. The number of aromatic nitrogens is 2. The Hall–Kier alpha value is -0.770. The van der Waals surface area contributed by atoms with Gasteiger partial charge < -0.3 is 9.05 Å². The monoisotopic (exact) mass is 230 g/mol. The first-order valence-electron chi connectivity index (χ1n) is 4.83. The molecule has 6 heteroatoms. The van der Waals surface area contributed by atoms with Gasteiger partial charge in [0.1, 0.15) is 6.33 Å². The summed E-state index contributed by atoms with van der Waals surface area (Å²) in [7, 11) is -3.03. The van der Waals surface area contributed by atoms with Crippen LogP contribution in [0, 0.1) is 0 Å². The molecule has 0 atom stereocenters. The average molecular weight is 230 g/mol. The second kappa shape index (κ2) is 5.95. The molecular weight excluding hydrogens is 215 g/mol. The van der Waals surface area contributed by atoms with Crippen LogP contribution in [0.1, 0.15) is 19.5 Å². The minimum atomic E-state index is -3.03. The van der Waals surface area contributed by atoms with E-state index in [4.69, 9.17) is 9.05 Å². The smallest absolute Gasteiger partial charge is 0.309 e. The summed E-state index contributed by atoms with van der Waals surface area (Å²) in [6.07, 6.45) is 3.21. The van der Waals surface area contributed by atoms with E-state index < -0.39 is 7.60 Å². The molecule has 0 bridgehead atoms. The molecule has 0 amide bonds. The van der Waals surface area contributed by atoms with Crippen molar-refractivity contribution in [2.45, 2.75) is 20.0 Å². The van der Waals surface area contributed by atoms with Crippen molar-refractivity contribution in [2.24, 2.45) is 0 Å². The largest absolute Gasteiger partial charge is 0.336 e. The van der Waals surface area contributed by atoms with E-state index in [9.17, 15) is 4.57 Å². The van der Waals surface area contributed by atoms with E-state index in [0.717, 1.165) is 0 Å². The molecule has 1 aromatic rings. The van der Waals surface area contributed by atoms with Crippen LogP contribution < -0.4 is 0 Å². The minimum Gasteiger partial charge on any atom is -0.309 e. The number of rotatable bonds is 6. The van der Waals surface area contributed by atoms with Gasteiger partial charge in [0.05, 0.1) is 25.1 Å². The summed E-state index contributed by atoms with van der Waals surface area (Å²) in [5.74, 6) is 0. The van der Waals surface area contributed by atoms with Crippen LogP contribution in [0.3, 0.4) is 0 Å². The highest BCUT2D eigenvalue weighted by Gasteiger charge is 2.24. The minimum absolute atomic E-state index is 0.192. The van der Waals surface area contributed by atoms with Crippen molar-refractivity contribution in [3.8, 4) is 0 Å². The zero-order valence-electron chi connectivity index (χ0n) is 8.92. The molecule has 0 aliphatic carbocycles. The lowest BCUT2D eigenvalue weighted by Gasteiger charge is -2.16. The van der Waals surface area contributed by atoms with Gasteiger partial charge in [0.15, 0.2) is 0 Å². The van der Waals surface area contributed by atoms with Gasteiger partial charge in [-0.2, -0.15) is 0 Å². The van der Waals surface area contributed by atoms with Gasteiger partial charge in [-0.3, -0.25) is 4.57 Å². The van der Waals surface area contributed by atoms with E-state index in [1.54, 1.807) is 26.1 Å². The molecule has 0 aromatic carbocycles. The Morgan fingerprint density at radius 1 is 1.33 bits per heavy atom. The summed E-state index contributed by atoms with van der Waals surface area (Å²) in [4.78, 5) is 7.77. The predicted molar refractivity (Wildman–Crippen MR) is 56.6 cm³/mol. The zero-order valence-corrected chi connectivity index (χ0v) is 9.81. The van der Waals surface area contributed by atoms with E-state index in [0.29, 0.717) is 18.9 Å². The maximum absolute atomic E-state index is 12.1. The van der Waals surface area contributed by atoms with Crippen LogP contribution in [0.4, 0.5) is 0 Å². The molecule has 1 heterocycles. The topological polar surface area (TPSA) is 61.3 Å². The highest BCUT2D eigenvalue weighted by Crippen LogP contribution is 2.50. The highest BCUT2D eigenvalue weighted by molar-refractivity contribution is 7.53. The van der Waals surface area contributed by atoms with Gasteiger partial charge in [-0.15, -0.1) is 0 Å². The van der Waals surface area contributed by atoms with E-state index >= 15 is 0 Å². The molecule has 0 N–H and O–H groups in total. The van der Waals surface area contributed by atoms with Crippen molar-refractivity contribution < 1.29 is 13.6 Å². The van der Waals surface area contributed by atoms with Crippen LogP contribution in [-0.4, -0.2) is 23.2 Å². The Labute approximate surface area is 89.4 Å². The fourth-order valence-corrected chi connectivity index (χ4v) is 2.76. The summed E-state index contributed by atoms with van der Waals surface area (Å²) in [6, 6.07) is 1.70. The number of hydrogen-bond donors (Lipinski definition) is 0. The van der Waals surface area contributed by atoms with Gasteiger partial charge in [0.25, 0.3) is 0 Å². The van der Waals surface area contributed by atoms with Crippen molar-refractivity contribution in [1.29, 1.82) is 0 Å². The maximum Gasteiger partial charge on any atom is 0.336 e. The molecule has 15 heavy (non-hydrogen) atoms. The first-order valence-corrected chi connectivity index (χ1v) is 6.56. The van der Waals surface area contributed by atoms with Crippen LogP contribution >= 0.6 is 7.60 Å². The molecule has 0 spiro atoms. The normalized spacial score (nSPS) is 11.6. The van der Waals surface area contributed by atoms with Crippen molar-refractivity contribution in [3.63, 3.8) is 0 Å². The van der Waals surface area contributed by atoms with Crippen molar-refractivity contribution >= 4 is 7.60 Å². The van der Waals surface area contributed by atoms with Gasteiger partial charge >= 0.3 is 7.60 Å². The third-order valence-electron chi connectivity index (χ3n) is 1.65. The molecule has 0 radical (unpaired) electrons. The SMILES string of the molecule is CCOP(=O)(Cc1ccncn1)OCC. The van der Waals surface area contributed by atoms with Crippen molar-refractivity contribution in [2.75, 3.05) is 13.2 Å². The van der Waals surface area contributed by atoms with Gasteiger partial charge in [-0.05, 0) is 19.9 Å². The predicted octanol–water partition coefficient (Wildman–Crippen LogP) is 2.24. The summed E-state index contributed by atoms with van der Waals surface area (Å²) in [5.41, 5.74) is 0.662. The summed E-state index contributed by atoms with van der Waals surface area (Å²) in [6.45, 7) is 4.29. The second-order valence-electron chi connectivity index (χ2n) is 2.81. The standard InChI is InChI=1S/C9H15N2O3P/c1-3-13-15(12,14-4-2)7-9-5-6-10-8-11-9/h5-6,8H,3-4,7H2,1-2H3. The molecule has 0 saturated carbocycles. The highest BCUT2D eigenvalue weighted by atomic mass is 31.2. The summed E-state index contributed by atoms with van der Waals surface area (Å²) >= 11 is 0. The van der Waals surface area contributed by atoms with Gasteiger partial charge in [-0.25, -0.2) is 9.97 Å². The zero-order chi connectivity index (χ0) is 11.1. The van der Waals surface area contributed by atoms with Crippen LogP contribution in [0.25, 0.3) is 0 Å². The first kappa shape index (κ1) is 12.3. The molecule has 1 aromatic heterocycles. The van der Waals surface area contributed by atoms with Gasteiger partial charge in [0, 0.05) is 6.20 Å². The molecule has 5 nitrogen and oxygen atoms in total. The van der Waals surface area contributed by atoms with Crippen LogP contribution in [0.2, 0.25) is 0 Å². The molecule has 0 aliphatic rings. The van der Waals surface area contributed by atoms with E-state index in [1.165, 1.54) is 6.33 Å². The van der Waals surface area contributed by atoms with Crippen LogP contribution in [0.15, 0.2) is 18.6 Å². The average Bonchev–Trinajstić information content (AvgIpc) is 2.19. The van der Waals surface area contributed by atoms with Gasteiger partial charge in [0.2, 0.25) is 0 Å². The molecular formula is C9H15N2O3P. The summed E-state index contributed by atoms with van der Waals surface area (Å²) in [5, 5.41) is 0.